The molecule has 2 N–H and O–H groups in total. The van der Waals surface area contributed by atoms with Gasteiger partial charge in [-0.05, 0) is 25.3 Å². The highest BCUT2D eigenvalue weighted by Crippen LogP contribution is 2.28. The summed E-state index contributed by atoms with van der Waals surface area (Å²) in [5.74, 6) is 0.782. The maximum absolute atomic E-state index is 11.6. The molecule has 1 aromatic carbocycles. The highest BCUT2D eigenvalue weighted by Gasteiger charge is 2.30. The smallest absolute Gasteiger partial charge is 0.150 e. The second kappa shape index (κ2) is 5.92. The number of hydrogen-bond acceptors (Lipinski definition) is 4. The molecule has 1 aliphatic rings. The van der Waals surface area contributed by atoms with E-state index in [4.69, 9.17) is 10.5 Å². The zero-order valence-electron chi connectivity index (χ0n) is 11.2. The average molecular weight is 283 g/mol. The van der Waals surface area contributed by atoms with E-state index in [1.165, 1.54) is 6.26 Å². The van der Waals surface area contributed by atoms with Gasteiger partial charge in [0.25, 0.3) is 0 Å². The van der Waals surface area contributed by atoms with E-state index in [0.717, 1.165) is 30.6 Å². The fourth-order valence-electron chi connectivity index (χ4n) is 2.57. The Morgan fingerprint density at radius 2 is 2.05 bits per heavy atom. The van der Waals surface area contributed by atoms with E-state index in [9.17, 15) is 8.42 Å². The van der Waals surface area contributed by atoms with E-state index in [1.807, 2.05) is 24.3 Å². The molecular formula is C14H21NO3S. The van der Waals surface area contributed by atoms with Crippen LogP contribution in [0, 0.1) is 0 Å². The van der Waals surface area contributed by atoms with Crippen LogP contribution in [0.1, 0.15) is 31.2 Å². The summed E-state index contributed by atoms with van der Waals surface area (Å²) in [4.78, 5) is 0. The van der Waals surface area contributed by atoms with Gasteiger partial charge in [0.1, 0.15) is 15.6 Å². The molecule has 1 fully saturated rings. The molecule has 106 valence electrons. The number of benzene rings is 1. The van der Waals surface area contributed by atoms with Gasteiger partial charge in [-0.15, -0.1) is 0 Å². The molecule has 0 amide bonds. The van der Waals surface area contributed by atoms with Gasteiger partial charge >= 0.3 is 0 Å². The number of sulfone groups is 1. The molecule has 0 radical (unpaired) electrons. The first-order valence-electron chi connectivity index (χ1n) is 6.64. The van der Waals surface area contributed by atoms with Crippen molar-refractivity contribution in [1.82, 2.24) is 0 Å². The van der Waals surface area contributed by atoms with Crippen LogP contribution in [0.25, 0.3) is 0 Å². The Balaban J connectivity index is 2.07. The van der Waals surface area contributed by atoms with Crippen molar-refractivity contribution in [2.75, 3.05) is 6.26 Å². The summed E-state index contributed by atoms with van der Waals surface area (Å²) >= 11 is 0. The van der Waals surface area contributed by atoms with Gasteiger partial charge in [0.15, 0.2) is 0 Å². The molecule has 1 aromatic rings. The molecular weight excluding hydrogens is 262 g/mol. The third-order valence-electron chi connectivity index (χ3n) is 3.67. The second-order valence-electron chi connectivity index (χ2n) is 5.17. The van der Waals surface area contributed by atoms with Crippen molar-refractivity contribution in [2.24, 2.45) is 5.73 Å². The van der Waals surface area contributed by atoms with Gasteiger partial charge in [0, 0.05) is 24.8 Å². The lowest BCUT2D eigenvalue weighted by Crippen LogP contribution is -2.33. The number of ether oxygens (including phenoxy) is 1. The topological polar surface area (TPSA) is 69.4 Å². The monoisotopic (exact) mass is 283 g/mol. The molecule has 0 aliphatic heterocycles. The first-order chi connectivity index (χ1) is 9.00. The molecule has 5 heteroatoms. The second-order valence-corrected chi connectivity index (χ2v) is 7.50. The predicted molar refractivity (Wildman–Crippen MR) is 75.8 cm³/mol. The lowest BCUT2D eigenvalue weighted by Gasteiger charge is -2.29. The molecule has 0 heterocycles. The molecule has 2 rings (SSSR count). The van der Waals surface area contributed by atoms with Crippen molar-refractivity contribution in [3.05, 3.63) is 29.8 Å². The van der Waals surface area contributed by atoms with E-state index in [0.29, 0.717) is 13.0 Å². The number of nitrogens with two attached hydrogens (primary N) is 1. The minimum Gasteiger partial charge on any atom is -0.490 e. The fourth-order valence-corrected chi connectivity index (χ4v) is 3.72. The Morgan fingerprint density at radius 3 is 2.74 bits per heavy atom. The van der Waals surface area contributed by atoms with Crippen LogP contribution in [0.15, 0.2) is 24.3 Å². The summed E-state index contributed by atoms with van der Waals surface area (Å²) in [5, 5.41) is -0.267. The van der Waals surface area contributed by atoms with Gasteiger partial charge in [-0.1, -0.05) is 18.2 Å². The lowest BCUT2D eigenvalue weighted by atomic mass is 9.97. The predicted octanol–water partition coefficient (Wildman–Crippen LogP) is 1.88. The molecule has 0 spiro atoms. The van der Waals surface area contributed by atoms with Crippen molar-refractivity contribution in [2.45, 2.75) is 43.6 Å². The van der Waals surface area contributed by atoms with E-state index in [-0.39, 0.29) is 11.4 Å². The molecule has 0 saturated heterocycles. The number of hydrogen-bond donors (Lipinski definition) is 1. The van der Waals surface area contributed by atoms with Gasteiger partial charge in [-0.25, -0.2) is 8.42 Å². The third-order valence-corrected chi connectivity index (χ3v) is 5.31. The van der Waals surface area contributed by atoms with Gasteiger partial charge in [0.2, 0.25) is 0 Å². The van der Waals surface area contributed by atoms with Crippen LogP contribution in [0.3, 0.4) is 0 Å². The molecule has 2 atom stereocenters. The summed E-state index contributed by atoms with van der Waals surface area (Å²) in [6, 6.07) is 7.67. The van der Waals surface area contributed by atoms with Crippen LogP contribution in [0.4, 0.5) is 0 Å². The van der Waals surface area contributed by atoms with Crippen molar-refractivity contribution in [3.63, 3.8) is 0 Å². The third kappa shape index (κ3) is 3.70. The standard InChI is InChI=1S/C14H21NO3S/c1-19(16,17)13-7-4-6-12(9-13)18-14-8-3-2-5-11(14)10-15/h2-3,5,8,12-13H,4,6-7,9-10,15H2,1H3. The fraction of sp³-hybridized carbons (Fsp3) is 0.571. The normalized spacial score (nSPS) is 24.1. The van der Waals surface area contributed by atoms with E-state index >= 15 is 0 Å². The number of rotatable bonds is 4. The minimum atomic E-state index is -2.97. The highest BCUT2D eigenvalue weighted by atomic mass is 32.2. The summed E-state index contributed by atoms with van der Waals surface area (Å²) < 4.78 is 29.2. The summed E-state index contributed by atoms with van der Waals surface area (Å²) in [6.45, 7) is 0.429. The number of para-hydroxylation sites is 1. The molecule has 19 heavy (non-hydrogen) atoms. The van der Waals surface area contributed by atoms with Crippen LogP contribution in [-0.2, 0) is 16.4 Å². The van der Waals surface area contributed by atoms with Crippen LogP contribution >= 0.6 is 0 Å². The Hall–Kier alpha value is -1.07. The van der Waals surface area contributed by atoms with Gasteiger partial charge in [-0.2, -0.15) is 0 Å². The van der Waals surface area contributed by atoms with Crippen LogP contribution in [0.5, 0.6) is 5.75 Å². The minimum absolute atomic E-state index is 0.0267. The van der Waals surface area contributed by atoms with Crippen molar-refractivity contribution < 1.29 is 13.2 Å². The highest BCUT2D eigenvalue weighted by molar-refractivity contribution is 7.91. The molecule has 2 unspecified atom stereocenters. The lowest BCUT2D eigenvalue weighted by molar-refractivity contribution is 0.155. The zero-order chi connectivity index (χ0) is 13.9. The average Bonchev–Trinajstić information content (AvgIpc) is 2.39. The Labute approximate surface area is 114 Å². The molecule has 1 saturated carbocycles. The summed E-state index contributed by atoms with van der Waals surface area (Å²) in [5.41, 5.74) is 6.64. The van der Waals surface area contributed by atoms with Crippen LogP contribution < -0.4 is 10.5 Å². The quantitative estimate of drug-likeness (QED) is 0.916. The molecule has 1 aliphatic carbocycles. The molecule has 4 nitrogen and oxygen atoms in total. The maximum atomic E-state index is 11.6. The van der Waals surface area contributed by atoms with Gasteiger partial charge < -0.3 is 10.5 Å². The van der Waals surface area contributed by atoms with Crippen molar-refractivity contribution >= 4 is 9.84 Å². The Kier molecular flexibility index (Phi) is 4.47. The Morgan fingerprint density at radius 1 is 1.32 bits per heavy atom. The van der Waals surface area contributed by atoms with Gasteiger partial charge in [-0.3, -0.25) is 0 Å². The van der Waals surface area contributed by atoms with Crippen LogP contribution in [0.2, 0.25) is 0 Å². The zero-order valence-corrected chi connectivity index (χ0v) is 12.0. The molecule has 0 aromatic heterocycles. The van der Waals surface area contributed by atoms with Crippen molar-refractivity contribution in [1.29, 1.82) is 0 Å². The van der Waals surface area contributed by atoms with E-state index in [1.54, 1.807) is 0 Å². The first kappa shape index (κ1) is 14.3. The first-order valence-corrected chi connectivity index (χ1v) is 8.59. The largest absolute Gasteiger partial charge is 0.490 e. The summed E-state index contributed by atoms with van der Waals surface area (Å²) in [6.07, 6.45) is 4.42. The summed E-state index contributed by atoms with van der Waals surface area (Å²) in [7, 11) is -2.97. The van der Waals surface area contributed by atoms with E-state index in [2.05, 4.69) is 0 Å². The Bertz CT molecular complexity index is 527. The van der Waals surface area contributed by atoms with Crippen LogP contribution in [-0.4, -0.2) is 26.0 Å². The maximum Gasteiger partial charge on any atom is 0.150 e. The SMILES string of the molecule is CS(=O)(=O)C1CCCC(Oc2ccccc2CN)C1. The van der Waals surface area contributed by atoms with E-state index < -0.39 is 9.84 Å². The van der Waals surface area contributed by atoms with Gasteiger partial charge in [0.05, 0.1) is 11.4 Å². The van der Waals surface area contributed by atoms with Crippen molar-refractivity contribution in [3.8, 4) is 5.75 Å². The molecule has 0 bridgehead atoms.